The van der Waals surface area contributed by atoms with Crippen LogP contribution in [-0.4, -0.2) is 23.5 Å². The van der Waals surface area contributed by atoms with Gasteiger partial charge in [0.05, 0.1) is 0 Å². The van der Waals surface area contributed by atoms with Gasteiger partial charge in [0.25, 0.3) is 0 Å². The van der Waals surface area contributed by atoms with Crippen molar-refractivity contribution >= 4 is 0 Å². The average Bonchev–Trinajstić information content (AvgIpc) is 2.81. The first-order chi connectivity index (χ1) is 6.02. The Morgan fingerprint density at radius 3 is 1.92 bits per heavy atom. The van der Waals surface area contributed by atoms with Crippen LogP contribution < -0.4 is 0 Å². The van der Waals surface area contributed by atoms with Gasteiger partial charge >= 0.3 is 0 Å². The summed E-state index contributed by atoms with van der Waals surface area (Å²) < 4.78 is 0. The summed E-state index contributed by atoms with van der Waals surface area (Å²) in [5, 5.41) is 0. The molecule has 1 heteroatoms. The summed E-state index contributed by atoms with van der Waals surface area (Å²) in [4.78, 5) is 2.67. The fraction of sp³-hybridized carbons (Fsp3) is 1.00. The average molecular weight is 183 g/mol. The van der Waals surface area contributed by atoms with E-state index in [0.29, 0.717) is 6.04 Å². The van der Waals surface area contributed by atoms with Crippen molar-refractivity contribution in [1.82, 2.24) is 4.90 Å². The molecule has 0 saturated heterocycles. The molecule has 0 heterocycles. The normalized spacial score (nSPS) is 20.3. The minimum Gasteiger partial charge on any atom is -0.298 e. The number of hydrogen-bond acceptors (Lipinski definition) is 1. The highest BCUT2D eigenvalue weighted by Crippen LogP contribution is 2.31. The highest BCUT2D eigenvalue weighted by Gasteiger charge is 2.28. The van der Waals surface area contributed by atoms with Crippen LogP contribution in [0.4, 0.5) is 0 Å². The molecule has 13 heavy (non-hydrogen) atoms. The van der Waals surface area contributed by atoms with Crippen molar-refractivity contribution < 1.29 is 0 Å². The molecule has 0 unspecified atom stereocenters. The van der Waals surface area contributed by atoms with Crippen LogP contribution in [0.1, 0.15) is 47.5 Å². The first-order valence-electron chi connectivity index (χ1n) is 5.78. The quantitative estimate of drug-likeness (QED) is 0.633. The molecule has 0 N–H and O–H groups in total. The molecule has 0 spiro atoms. The van der Waals surface area contributed by atoms with Gasteiger partial charge in [0, 0.05) is 18.6 Å². The van der Waals surface area contributed by atoms with Crippen LogP contribution in [0.25, 0.3) is 0 Å². The zero-order chi connectivity index (χ0) is 10.0. The van der Waals surface area contributed by atoms with Crippen molar-refractivity contribution in [2.24, 2.45) is 11.8 Å². The Hall–Kier alpha value is -0.0400. The second-order valence-electron chi connectivity index (χ2n) is 5.22. The van der Waals surface area contributed by atoms with Crippen molar-refractivity contribution in [1.29, 1.82) is 0 Å². The molecule has 1 aliphatic rings. The van der Waals surface area contributed by atoms with E-state index < -0.39 is 0 Å². The van der Waals surface area contributed by atoms with E-state index >= 15 is 0 Å². The molecule has 0 aliphatic heterocycles. The predicted octanol–water partition coefficient (Wildman–Crippen LogP) is 3.15. The van der Waals surface area contributed by atoms with Crippen LogP contribution in [0.5, 0.6) is 0 Å². The van der Waals surface area contributed by atoms with Gasteiger partial charge in [-0.1, -0.05) is 13.8 Å². The summed E-state index contributed by atoms with van der Waals surface area (Å²) in [7, 11) is 0. The van der Waals surface area contributed by atoms with Gasteiger partial charge < -0.3 is 0 Å². The minimum atomic E-state index is 0.706. The van der Waals surface area contributed by atoms with E-state index in [1.165, 1.54) is 19.4 Å². The molecule has 1 aliphatic carbocycles. The molecule has 0 radical (unpaired) electrons. The van der Waals surface area contributed by atoms with Gasteiger partial charge in [-0.15, -0.1) is 0 Å². The molecule has 1 rings (SSSR count). The third-order valence-electron chi connectivity index (χ3n) is 3.32. The number of hydrogen-bond donors (Lipinski definition) is 0. The molecular formula is C12H25N. The molecule has 1 saturated carbocycles. The first kappa shape index (κ1) is 11.0. The first-order valence-corrected chi connectivity index (χ1v) is 5.78. The maximum Gasteiger partial charge on any atom is 0.00927 e. The Morgan fingerprint density at radius 2 is 1.62 bits per heavy atom. The summed E-state index contributed by atoms with van der Waals surface area (Å²) >= 11 is 0. The molecule has 1 atom stereocenters. The summed E-state index contributed by atoms with van der Waals surface area (Å²) in [5.74, 6) is 1.80. The lowest BCUT2D eigenvalue weighted by molar-refractivity contribution is 0.124. The summed E-state index contributed by atoms with van der Waals surface area (Å²) in [5.41, 5.74) is 0. The van der Waals surface area contributed by atoms with E-state index in [4.69, 9.17) is 0 Å². The highest BCUT2D eigenvalue weighted by atomic mass is 15.2. The van der Waals surface area contributed by atoms with Gasteiger partial charge in [-0.05, 0) is 45.4 Å². The fourth-order valence-corrected chi connectivity index (χ4v) is 1.83. The summed E-state index contributed by atoms with van der Waals surface area (Å²) in [6.07, 6.45) is 2.93. The third kappa shape index (κ3) is 3.30. The van der Waals surface area contributed by atoms with Crippen LogP contribution in [-0.2, 0) is 0 Å². The topological polar surface area (TPSA) is 3.24 Å². The predicted molar refractivity (Wildman–Crippen MR) is 58.9 cm³/mol. The van der Waals surface area contributed by atoms with Crippen LogP contribution in [0.3, 0.4) is 0 Å². The molecule has 0 aromatic rings. The number of nitrogens with zero attached hydrogens (tertiary/aromatic N) is 1. The van der Waals surface area contributed by atoms with Gasteiger partial charge in [-0.25, -0.2) is 0 Å². The van der Waals surface area contributed by atoms with Crippen molar-refractivity contribution in [3.8, 4) is 0 Å². The Kier molecular flexibility index (Phi) is 3.78. The monoisotopic (exact) mass is 183 g/mol. The Balaban J connectivity index is 2.44. The Morgan fingerprint density at radius 1 is 1.08 bits per heavy atom. The van der Waals surface area contributed by atoms with E-state index in [1.807, 2.05) is 0 Å². The van der Waals surface area contributed by atoms with E-state index in [-0.39, 0.29) is 0 Å². The maximum absolute atomic E-state index is 2.67. The lowest BCUT2D eigenvalue weighted by Crippen LogP contribution is -2.42. The molecular weight excluding hydrogens is 158 g/mol. The molecule has 1 nitrogen and oxygen atoms in total. The Bertz CT molecular complexity index is 147. The molecule has 1 fully saturated rings. The van der Waals surface area contributed by atoms with E-state index in [0.717, 1.165) is 17.9 Å². The summed E-state index contributed by atoms with van der Waals surface area (Å²) in [6, 6.07) is 1.44. The standard InChI is InChI=1S/C12H25N/c1-9(2)11(5)13(10(3)4)8-12-6-7-12/h9-12H,6-8H2,1-5H3/t11-/m0/s1. The van der Waals surface area contributed by atoms with Crippen molar-refractivity contribution in [2.45, 2.75) is 59.5 Å². The largest absolute Gasteiger partial charge is 0.298 e. The third-order valence-corrected chi connectivity index (χ3v) is 3.32. The smallest absolute Gasteiger partial charge is 0.00927 e. The van der Waals surface area contributed by atoms with Gasteiger partial charge in [0.1, 0.15) is 0 Å². The SMILES string of the molecule is CC(C)[C@H](C)N(CC1CC1)C(C)C. The van der Waals surface area contributed by atoms with Crippen molar-refractivity contribution in [2.75, 3.05) is 6.54 Å². The van der Waals surface area contributed by atoms with E-state index in [9.17, 15) is 0 Å². The molecule has 78 valence electrons. The van der Waals surface area contributed by atoms with E-state index in [1.54, 1.807) is 0 Å². The van der Waals surface area contributed by atoms with Gasteiger partial charge in [-0.2, -0.15) is 0 Å². The van der Waals surface area contributed by atoms with Crippen LogP contribution in [0.15, 0.2) is 0 Å². The zero-order valence-corrected chi connectivity index (χ0v) is 9.88. The lowest BCUT2D eigenvalue weighted by atomic mass is 10.0. The van der Waals surface area contributed by atoms with Crippen LogP contribution >= 0.6 is 0 Å². The molecule has 0 bridgehead atoms. The van der Waals surface area contributed by atoms with Gasteiger partial charge in [-0.3, -0.25) is 4.90 Å². The number of rotatable bonds is 5. The Labute approximate surface area is 83.5 Å². The summed E-state index contributed by atoms with van der Waals surface area (Å²) in [6.45, 7) is 13.0. The molecule has 0 amide bonds. The zero-order valence-electron chi connectivity index (χ0n) is 9.88. The van der Waals surface area contributed by atoms with Crippen molar-refractivity contribution in [3.63, 3.8) is 0 Å². The molecule has 0 aromatic carbocycles. The minimum absolute atomic E-state index is 0.706. The van der Waals surface area contributed by atoms with E-state index in [2.05, 4.69) is 39.5 Å². The second-order valence-corrected chi connectivity index (χ2v) is 5.22. The van der Waals surface area contributed by atoms with Crippen molar-refractivity contribution in [3.05, 3.63) is 0 Å². The van der Waals surface area contributed by atoms with Crippen LogP contribution in [0, 0.1) is 11.8 Å². The van der Waals surface area contributed by atoms with Gasteiger partial charge in [0.15, 0.2) is 0 Å². The fourth-order valence-electron chi connectivity index (χ4n) is 1.83. The second kappa shape index (κ2) is 4.45. The van der Waals surface area contributed by atoms with Gasteiger partial charge in [0.2, 0.25) is 0 Å². The lowest BCUT2D eigenvalue weighted by Gasteiger charge is -2.35. The molecule has 0 aromatic heterocycles. The maximum atomic E-state index is 2.67. The van der Waals surface area contributed by atoms with Crippen LogP contribution in [0.2, 0.25) is 0 Å². The highest BCUT2D eigenvalue weighted by molar-refractivity contribution is 4.82.